The summed E-state index contributed by atoms with van der Waals surface area (Å²) in [6.45, 7) is 5.24. The zero-order valence-corrected chi connectivity index (χ0v) is 14.5. The fourth-order valence-corrected chi connectivity index (χ4v) is 3.40. The maximum Gasteiger partial charge on any atom is 0.148 e. The van der Waals surface area contributed by atoms with Crippen LogP contribution in [0.1, 0.15) is 26.7 Å². The third kappa shape index (κ3) is 3.79. The molecule has 0 spiro atoms. The van der Waals surface area contributed by atoms with Crippen molar-refractivity contribution in [2.75, 3.05) is 18.5 Å². The quantitative estimate of drug-likeness (QED) is 0.808. The van der Waals surface area contributed by atoms with Crippen LogP contribution in [0.3, 0.4) is 0 Å². The summed E-state index contributed by atoms with van der Waals surface area (Å²) in [6.07, 6.45) is 11.2. The second-order valence-electron chi connectivity index (χ2n) is 7.13. The number of rotatable bonds is 5. The summed E-state index contributed by atoms with van der Waals surface area (Å²) in [7, 11) is 0. The summed E-state index contributed by atoms with van der Waals surface area (Å²) in [5, 5.41) is 3.14. The lowest BCUT2D eigenvalue weighted by atomic mass is 9.66. The molecular weight excluding hydrogens is 322 g/mol. The highest BCUT2D eigenvalue weighted by atomic mass is 19.1. The van der Waals surface area contributed by atoms with E-state index in [1.165, 1.54) is 12.1 Å². The van der Waals surface area contributed by atoms with Gasteiger partial charge in [-0.3, -0.25) is 0 Å². The predicted molar refractivity (Wildman–Crippen MR) is 94.4 cm³/mol. The van der Waals surface area contributed by atoms with Gasteiger partial charge in [0.15, 0.2) is 0 Å². The van der Waals surface area contributed by atoms with Crippen LogP contribution in [-0.2, 0) is 4.74 Å². The van der Waals surface area contributed by atoms with Gasteiger partial charge in [0.25, 0.3) is 0 Å². The fourth-order valence-electron chi connectivity index (χ4n) is 3.40. The Labute approximate surface area is 147 Å². The van der Waals surface area contributed by atoms with Gasteiger partial charge in [-0.1, -0.05) is 19.8 Å². The first-order chi connectivity index (χ1) is 11.9. The molecule has 0 bridgehead atoms. The number of anilines is 1. The molecule has 1 aliphatic heterocycles. The van der Waals surface area contributed by atoms with Gasteiger partial charge in [0, 0.05) is 17.8 Å². The number of terminal acetylenes is 1. The van der Waals surface area contributed by atoms with Crippen LogP contribution in [0, 0.1) is 29.4 Å². The van der Waals surface area contributed by atoms with Gasteiger partial charge in [-0.25, -0.2) is 8.78 Å². The van der Waals surface area contributed by atoms with Gasteiger partial charge in [-0.2, -0.15) is 0 Å². The molecule has 1 aromatic carbocycles. The Morgan fingerprint density at radius 2 is 2.00 bits per heavy atom. The summed E-state index contributed by atoms with van der Waals surface area (Å²) < 4.78 is 32.5. The molecule has 2 aliphatic rings. The Hall–Kier alpha value is -2.48. The number of ether oxygens (including phenoxy) is 1. The molecule has 1 aliphatic carbocycles. The average Bonchev–Trinajstić information content (AvgIpc) is 2.53. The van der Waals surface area contributed by atoms with Crippen LogP contribution < -0.4 is 5.32 Å². The number of hydrogen-bond acceptors (Lipinski definition) is 3. The minimum atomic E-state index is -0.608. The van der Waals surface area contributed by atoms with Crippen LogP contribution in [0.2, 0.25) is 0 Å². The van der Waals surface area contributed by atoms with Crippen molar-refractivity contribution in [2.45, 2.75) is 32.7 Å². The normalized spacial score (nSPS) is 21.6. The average molecular weight is 344 g/mol. The van der Waals surface area contributed by atoms with E-state index in [0.717, 1.165) is 30.5 Å². The predicted octanol–water partition coefficient (Wildman–Crippen LogP) is 4.26. The first kappa shape index (κ1) is 17.3. The van der Waals surface area contributed by atoms with Gasteiger partial charge in [-0.05, 0) is 42.5 Å². The van der Waals surface area contributed by atoms with Crippen molar-refractivity contribution in [1.29, 1.82) is 0 Å². The summed E-state index contributed by atoms with van der Waals surface area (Å²) in [5.74, 6) is 2.84. The van der Waals surface area contributed by atoms with Gasteiger partial charge < -0.3 is 15.0 Å². The molecule has 0 aromatic heterocycles. The van der Waals surface area contributed by atoms with Crippen LogP contribution in [-0.4, -0.2) is 24.1 Å². The van der Waals surface area contributed by atoms with Gasteiger partial charge in [-0.15, -0.1) is 6.42 Å². The molecule has 0 saturated heterocycles. The molecule has 1 N–H and O–H groups in total. The smallest absolute Gasteiger partial charge is 0.148 e. The lowest BCUT2D eigenvalue weighted by Crippen LogP contribution is -2.54. The molecule has 132 valence electrons. The van der Waals surface area contributed by atoms with Gasteiger partial charge in [0.05, 0.1) is 6.54 Å². The van der Waals surface area contributed by atoms with Crippen molar-refractivity contribution in [3.05, 3.63) is 53.6 Å². The van der Waals surface area contributed by atoms with Crippen LogP contribution >= 0.6 is 0 Å². The number of nitrogens with one attached hydrogen (secondary N) is 1. The van der Waals surface area contributed by atoms with Crippen molar-refractivity contribution >= 4 is 5.69 Å². The molecule has 1 fully saturated rings. The third-order valence-electron chi connectivity index (χ3n) is 4.88. The number of nitrogens with zero attached hydrogens (tertiary/aromatic N) is 1. The number of allylic oxidation sites excluding steroid dienone is 2. The maximum absolute atomic E-state index is 13.5. The molecule has 1 heterocycles. The second-order valence-corrected chi connectivity index (χ2v) is 7.13. The van der Waals surface area contributed by atoms with E-state index >= 15 is 0 Å². The number of halogens is 2. The van der Waals surface area contributed by atoms with E-state index in [4.69, 9.17) is 11.2 Å². The Kier molecular flexibility index (Phi) is 4.71. The highest BCUT2D eigenvalue weighted by Crippen LogP contribution is 2.45. The second kappa shape index (κ2) is 6.79. The first-order valence-electron chi connectivity index (χ1n) is 8.36. The van der Waals surface area contributed by atoms with Crippen LogP contribution in [0.5, 0.6) is 0 Å². The Balaban J connectivity index is 1.85. The molecule has 1 saturated carbocycles. The number of hydrogen-bond donors (Lipinski definition) is 1. The van der Waals surface area contributed by atoms with E-state index in [2.05, 4.69) is 30.0 Å². The molecule has 3 rings (SSSR count). The Morgan fingerprint density at radius 3 is 2.56 bits per heavy atom. The third-order valence-corrected chi connectivity index (χ3v) is 4.88. The molecule has 5 heteroatoms. The molecule has 25 heavy (non-hydrogen) atoms. The molecule has 1 atom stereocenters. The molecule has 3 nitrogen and oxygen atoms in total. The van der Waals surface area contributed by atoms with E-state index in [-0.39, 0.29) is 12.0 Å². The van der Waals surface area contributed by atoms with E-state index < -0.39 is 11.6 Å². The molecule has 1 unspecified atom stereocenters. The van der Waals surface area contributed by atoms with Crippen LogP contribution in [0.15, 0.2) is 41.9 Å². The largest absolute Gasteiger partial charge is 0.483 e. The molecule has 0 amide bonds. The summed E-state index contributed by atoms with van der Waals surface area (Å²) in [4.78, 5) is 2.19. The minimum absolute atomic E-state index is 0.169. The molecular formula is C20H22F2N2O. The zero-order chi connectivity index (χ0) is 18.0. The topological polar surface area (TPSA) is 24.5 Å². The van der Waals surface area contributed by atoms with Crippen LogP contribution in [0.25, 0.3) is 0 Å². The summed E-state index contributed by atoms with van der Waals surface area (Å²) in [6, 6.07) is 3.74. The van der Waals surface area contributed by atoms with Crippen molar-refractivity contribution in [1.82, 2.24) is 4.90 Å². The van der Waals surface area contributed by atoms with E-state index in [1.54, 1.807) is 0 Å². The SMILES string of the molecule is C#CCOC1=CC=C(Nc2cc(F)cc(F)c2)N(C2CCC2(C)C)C1. The highest BCUT2D eigenvalue weighted by Gasteiger charge is 2.43. The van der Waals surface area contributed by atoms with Crippen molar-refractivity contribution in [3.63, 3.8) is 0 Å². The Morgan fingerprint density at radius 1 is 1.28 bits per heavy atom. The molecule has 1 aromatic rings. The molecule has 0 radical (unpaired) electrons. The van der Waals surface area contributed by atoms with Crippen molar-refractivity contribution in [2.24, 2.45) is 5.41 Å². The number of benzene rings is 1. The van der Waals surface area contributed by atoms with E-state index in [9.17, 15) is 8.78 Å². The van der Waals surface area contributed by atoms with Gasteiger partial charge in [0.1, 0.15) is 29.8 Å². The Bertz CT molecular complexity index is 741. The van der Waals surface area contributed by atoms with Gasteiger partial charge >= 0.3 is 0 Å². The minimum Gasteiger partial charge on any atom is -0.483 e. The summed E-state index contributed by atoms with van der Waals surface area (Å²) >= 11 is 0. The standard InChI is InChI=1S/C20H22F2N2O/c1-4-9-25-17-5-6-19(23-16-11-14(21)10-15(22)12-16)24(13-17)18-7-8-20(18,2)3/h1,5-6,10-12,18,23H,7-9,13H2,2-3H3. The van der Waals surface area contributed by atoms with Gasteiger partial charge in [0.2, 0.25) is 0 Å². The van der Waals surface area contributed by atoms with Crippen molar-refractivity contribution < 1.29 is 13.5 Å². The first-order valence-corrected chi connectivity index (χ1v) is 8.36. The van der Waals surface area contributed by atoms with E-state index in [0.29, 0.717) is 18.3 Å². The lowest BCUT2D eigenvalue weighted by Gasteiger charge is -2.52. The zero-order valence-electron chi connectivity index (χ0n) is 14.5. The lowest BCUT2D eigenvalue weighted by molar-refractivity contribution is 0.0178. The monoisotopic (exact) mass is 344 g/mol. The summed E-state index contributed by atoms with van der Waals surface area (Å²) in [5.41, 5.74) is 0.551. The highest BCUT2D eigenvalue weighted by molar-refractivity contribution is 5.50. The fraction of sp³-hybridized carbons (Fsp3) is 0.400. The maximum atomic E-state index is 13.5. The van der Waals surface area contributed by atoms with E-state index in [1.807, 2.05) is 12.2 Å². The van der Waals surface area contributed by atoms with Crippen molar-refractivity contribution in [3.8, 4) is 12.3 Å². The van der Waals surface area contributed by atoms with Crippen LogP contribution in [0.4, 0.5) is 14.5 Å².